The van der Waals surface area contributed by atoms with Gasteiger partial charge in [-0.15, -0.1) is 0 Å². The first-order valence-corrected chi connectivity index (χ1v) is 7.51. The highest BCUT2D eigenvalue weighted by molar-refractivity contribution is 5.78. The molecule has 0 heterocycles. The van der Waals surface area contributed by atoms with Gasteiger partial charge in [-0.3, -0.25) is 9.69 Å². The molecular weight excluding hydrogens is 240 g/mol. The summed E-state index contributed by atoms with van der Waals surface area (Å²) in [6.45, 7) is 8.74. The number of hydrogen-bond acceptors (Lipinski definition) is 3. The molecule has 1 atom stereocenters. The Morgan fingerprint density at radius 2 is 1.89 bits per heavy atom. The van der Waals surface area contributed by atoms with E-state index in [9.17, 15) is 9.90 Å². The molecule has 0 aromatic carbocycles. The van der Waals surface area contributed by atoms with Crippen molar-refractivity contribution in [1.82, 2.24) is 10.2 Å². The van der Waals surface area contributed by atoms with Crippen LogP contribution in [0.1, 0.15) is 59.8 Å². The summed E-state index contributed by atoms with van der Waals surface area (Å²) in [5.74, 6) is 0.0544. The normalized spacial score (nSPS) is 19.5. The van der Waals surface area contributed by atoms with Gasteiger partial charge in [-0.05, 0) is 40.5 Å². The molecule has 0 radical (unpaired) electrons. The molecule has 0 spiro atoms. The van der Waals surface area contributed by atoms with Crippen molar-refractivity contribution in [2.24, 2.45) is 0 Å². The van der Waals surface area contributed by atoms with Crippen LogP contribution in [0.15, 0.2) is 0 Å². The van der Waals surface area contributed by atoms with E-state index in [1.807, 2.05) is 20.8 Å². The molecule has 1 rings (SSSR count). The number of rotatable bonds is 5. The van der Waals surface area contributed by atoms with Crippen LogP contribution in [0.3, 0.4) is 0 Å². The van der Waals surface area contributed by atoms with E-state index in [1.165, 1.54) is 19.3 Å². The van der Waals surface area contributed by atoms with Gasteiger partial charge in [-0.2, -0.15) is 0 Å². The minimum Gasteiger partial charge on any atom is -0.392 e. The zero-order valence-corrected chi connectivity index (χ0v) is 12.9. The lowest BCUT2D eigenvalue weighted by atomic mass is 9.94. The fourth-order valence-electron chi connectivity index (χ4n) is 2.77. The maximum Gasteiger partial charge on any atom is 0.234 e. The predicted molar refractivity (Wildman–Crippen MR) is 78.0 cm³/mol. The Kier molecular flexibility index (Phi) is 6.27. The van der Waals surface area contributed by atoms with Crippen LogP contribution in [-0.2, 0) is 4.79 Å². The van der Waals surface area contributed by atoms with Crippen LogP contribution in [0, 0.1) is 0 Å². The van der Waals surface area contributed by atoms with Crippen molar-refractivity contribution in [2.75, 3.05) is 13.1 Å². The molecule has 19 heavy (non-hydrogen) atoms. The maximum absolute atomic E-state index is 12.1. The highest BCUT2D eigenvalue weighted by Gasteiger charge is 2.25. The van der Waals surface area contributed by atoms with Crippen molar-refractivity contribution in [3.63, 3.8) is 0 Å². The molecule has 0 aromatic rings. The summed E-state index contributed by atoms with van der Waals surface area (Å²) in [5, 5.41) is 12.6. The number of carbonyl (C=O) groups is 1. The van der Waals surface area contributed by atoms with E-state index in [1.54, 1.807) is 6.92 Å². The minimum absolute atomic E-state index is 0.0544. The van der Waals surface area contributed by atoms with Gasteiger partial charge < -0.3 is 10.4 Å². The lowest BCUT2D eigenvalue weighted by Gasteiger charge is -2.35. The second-order valence-electron chi connectivity index (χ2n) is 6.87. The lowest BCUT2D eigenvalue weighted by molar-refractivity contribution is -0.124. The van der Waals surface area contributed by atoms with E-state index in [0.717, 1.165) is 12.8 Å². The van der Waals surface area contributed by atoms with Gasteiger partial charge >= 0.3 is 0 Å². The summed E-state index contributed by atoms with van der Waals surface area (Å²) < 4.78 is 0. The molecule has 1 saturated carbocycles. The van der Waals surface area contributed by atoms with Crippen molar-refractivity contribution < 1.29 is 9.90 Å². The van der Waals surface area contributed by atoms with Gasteiger partial charge in [0.05, 0.1) is 12.6 Å². The summed E-state index contributed by atoms with van der Waals surface area (Å²) in [6.07, 6.45) is 5.69. The smallest absolute Gasteiger partial charge is 0.234 e. The average molecular weight is 270 g/mol. The fourth-order valence-corrected chi connectivity index (χ4v) is 2.77. The molecular formula is C15H30N2O2. The molecule has 0 aliphatic heterocycles. The largest absolute Gasteiger partial charge is 0.392 e. The van der Waals surface area contributed by atoms with E-state index in [0.29, 0.717) is 19.1 Å². The summed E-state index contributed by atoms with van der Waals surface area (Å²) in [5.41, 5.74) is -0.194. The van der Waals surface area contributed by atoms with Crippen LogP contribution in [-0.4, -0.2) is 46.7 Å². The third-order valence-electron chi connectivity index (χ3n) is 3.45. The molecule has 1 fully saturated rings. The van der Waals surface area contributed by atoms with E-state index in [-0.39, 0.29) is 17.6 Å². The molecule has 1 aliphatic carbocycles. The fraction of sp³-hybridized carbons (Fsp3) is 0.933. The number of aliphatic hydroxyl groups excluding tert-OH is 1. The van der Waals surface area contributed by atoms with E-state index < -0.39 is 0 Å². The van der Waals surface area contributed by atoms with Crippen LogP contribution < -0.4 is 5.32 Å². The first-order valence-electron chi connectivity index (χ1n) is 7.51. The first-order chi connectivity index (χ1) is 8.78. The predicted octanol–water partition coefficient (Wildman–Crippen LogP) is 1.92. The minimum atomic E-state index is -0.385. The van der Waals surface area contributed by atoms with Crippen molar-refractivity contribution in [1.29, 1.82) is 0 Å². The van der Waals surface area contributed by atoms with Gasteiger partial charge in [0.25, 0.3) is 0 Å². The summed E-state index contributed by atoms with van der Waals surface area (Å²) in [4.78, 5) is 14.2. The molecule has 4 nitrogen and oxygen atoms in total. The monoisotopic (exact) mass is 270 g/mol. The van der Waals surface area contributed by atoms with Crippen molar-refractivity contribution in [2.45, 2.75) is 77.5 Å². The van der Waals surface area contributed by atoms with Crippen LogP contribution >= 0.6 is 0 Å². The van der Waals surface area contributed by atoms with Gasteiger partial charge in [0.15, 0.2) is 0 Å². The number of carbonyl (C=O) groups excluding carboxylic acids is 1. The highest BCUT2D eigenvalue weighted by atomic mass is 16.3. The quantitative estimate of drug-likeness (QED) is 0.802. The molecule has 0 saturated heterocycles. The van der Waals surface area contributed by atoms with Gasteiger partial charge in [0.2, 0.25) is 5.91 Å². The van der Waals surface area contributed by atoms with Crippen molar-refractivity contribution >= 4 is 5.91 Å². The molecule has 1 aliphatic rings. The Morgan fingerprint density at radius 1 is 1.32 bits per heavy atom. The Balaban J connectivity index is 2.55. The average Bonchev–Trinajstić information content (AvgIpc) is 2.26. The second kappa shape index (κ2) is 7.25. The SMILES string of the molecule is CC(O)CN(CC(=O)NC(C)(C)C)C1CCCCC1. The first kappa shape index (κ1) is 16.4. The molecule has 0 bridgehead atoms. The standard InChI is InChI=1S/C15H30N2O2/c1-12(18)10-17(13-8-6-5-7-9-13)11-14(19)16-15(2,3)4/h12-13,18H,5-11H2,1-4H3,(H,16,19). The molecule has 1 amide bonds. The van der Waals surface area contributed by atoms with Crippen LogP contribution in [0.5, 0.6) is 0 Å². The van der Waals surface area contributed by atoms with Gasteiger partial charge in [-0.1, -0.05) is 19.3 Å². The maximum atomic E-state index is 12.1. The summed E-state index contributed by atoms with van der Waals surface area (Å²) >= 11 is 0. The Morgan fingerprint density at radius 3 is 2.37 bits per heavy atom. The van der Waals surface area contributed by atoms with Crippen molar-refractivity contribution in [3.8, 4) is 0 Å². The van der Waals surface area contributed by atoms with E-state index in [4.69, 9.17) is 0 Å². The number of hydrogen-bond donors (Lipinski definition) is 2. The molecule has 1 unspecified atom stereocenters. The summed E-state index contributed by atoms with van der Waals surface area (Å²) in [6, 6.07) is 0.453. The summed E-state index contributed by atoms with van der Waals surface area (Å²) in [7, 11) is 0. The Hall–Kier alpha value is -0.610. The second-order valence-corrected chi connectivity index (χ2v) is 6.87. The zero-order chi connectivity index (χ0) is 14.5. The van der Waals surface area contributed by atoms with E-state index in [2.05, 4.69) is 10.2 Å². The number of amides is 1. The molecule has 4 heteroatoms. The number of aliphatic hydroxyl groups is 1. The number of nitrogens with zero attached hydrogens (tertiary/aromatic N) is 1. The number of nitrogens with one attached hydrogen (secondary N) is 1. The van der Waals surface area contributed by atoms with Crippen LogP contribution in [0.4, 0.5) is 0 Å². The Bertz CT molecular complexity index is 278. The zero-order valence-electron chi connectivity index (χ0n) is 12.9. The molecule has 2 N–H and O–H groups in total. The van der Waals surface area contributed by atoms with Gasteiger partial charge in [0, 0.05) is 18.1 Å². The van der Waals surface area contributed by atoms with E-state index >= 15 is 0 Å². The molecule has 0 aromatic heterocycles. The van der Waals surface area contributed by atoms with Gasteiger partial charge in [-0.25, -0.2) is 0 Å². The third kappa shape index (κ3) is 6.92. The van der Waals surface area contributed by atoms with Crippen LogP contribution in [0.2, 0.25) is 0 Å². The third-order valence-corrected chi connectivity index (χ3v) is 3.45. The lowest BCUT2D eigenvalue weighted by Crippen LogP contribution is -2.50. The molecule has 112 valence electrons. The Labute approximate surface area is 117 Å². The topological polar surface area (TPSA) is 52.6 Å². The van der Waals surface area contributed by atoms with Crippen molar-refractivity contribution in [3.05, 3.63) is 0 Å². The highest BCUT2D eigenvalue weighted by Crippen LogP contribution is 2.22. The van der Waals surface area contributed by atoms with Gasteiger partial charge in [0.1, 0.15) is 0 Å². The van der Waals surface area contributed by atoms with Crippen LogP contribution in [0.25, 0.3) is 0 Å².